The van der Waals surface area contributed by atoms with E-state index in [1.807, 2.05) is 48.9 Å². The van der Waals surface area contributed by atoms with Crippen molar-refractivity contribution in [3.05, 3.63) is 94.8 Å². The van der Waals surface area contributed by atoms with Crippen LogP contribution in [0, 0.1) is 13.8 Å². The number of amides is 1. The number of aromatic nitrogens is 3. The van der Waals surface area contributed by atoms with Crippen LogP contribution in [0.1, 0.15) is 22.5 Å². The van der Waals surface area contributed by atoms with Gasteiger partial charge < -0.3 is 5.32 Å². The Labute approximate surface area is 202 Å². The van der Waals surface area contributed by atoms with Gasteiger partial charge in [-0.2, -0.15) is 5.10 Å². The highest BCUT2D eigenvalue weighted by Gasteiger charge is 2.29. The zero-order valence-electron chi connectivity index (χ0n) is 18.9. The van der Waals surface area contributed by atoms with E-state index in [-0.39, 0.29) is 23.1 Å². The molecule has 0 fully saturated rings. The van der Waals surface area contributed by atoms with Gasteiger partial charge in [0.2, 0.25) is 5.91 Å². The van der Waals surface area contributed by atoms with Gasteiger partial charge in [0, 0.05) is 29.4 Å². The van der Waals surface area contributed by atoms with Crippen molar-refractivity contribution in [3.63, 3.8) is 0 Å². The SMILES string of the molecule is Cc1nn(Cc2ccccc2)c(C)c1CNC(=O)CN(c1nccs1)S(=O)(=O)c1ccccc1. The minimum absolute atomic E-state index is 0.104. The molecule has 0 aliphatic rings. The normalized spacial score (nSPS) is 11.4. The topological polar surface area (TPSA) is 97.2 Å². The number of aryl methyl sites for hydroxylation is 1. The van der Waals surface area contributed by atoms with Crippen molar-refractivity contribution in [3.8, 4) is 0 Å². The van der Waals surface area contributed by atoms with Gasteiger partial charge in [0.1, 0.15) is 6.54 Å². The number of carbonyl (C=O) groups excluding carboxylic acids is 1. The van der Waals surface area contributed by atoms with E-state index in [0.29, 0.717) is 6.54 Å². The van der Waals surface area contributed by atoms with Crippen molar-refractivity contribution in [2.45, 2.75) is 31.8 Å². The molecule has 0 bridgehead atoms. The highest BCUT2D eigenvalue weighted by molar-refractivity contribution is 7.93. The molecule has 2 aromatic carbocycles. The van der Waals surface area contributed by atoms with E-state index in [2.05, 4.69) is 15.4 Å². The lowest BCUT2D eigenvalue weighted by Gasteiger charge is -2.21. The number of carbonyl (C=O) groups is 1. The summed E-state index contributed by atoms with van der Waals surface area (Å²) in [6, 6.07) is 18.1. The number of anilines is 1. The zero-order valence-corrected chi connectivity index (χ0v) is 20.5. The van der Waals surface area contributed by atoms with Gasteiger partial charge in [-0.05, 0) is 31.5 Å². The van der Waals surface area contributed by atoms with Crippen molar-refractivity contribution in [1.29, 1.82) is 0 Å². The van der Waals surface area contributed by atoms with Crippen LogP contribution < -0.4 is 9.62 Å². The molecule has 0 saturated carbocycles. The van der Waals surface area contributed by atoms with E-state index in [4.69, 9.17) is 0 Å². The van der Waals surface area contributed by atoms with Gasteiger partial charge in [-0.25, -0.2) is 17.7 Å². The maximum atomic E-state index is 13.2. The fourth-order valence-electron chi connectivity index (χ4n) is 3.59. The number of rotatable bonds is 9. The number of nitrogens with one attached hydrogen (secondary N) is 1. The smallest absolute Gasteiger partial charge is 0.266 e. The second kappa shape index (κ2) is 10.2. The van der Waals surface area contributed by atoms with E-state index < -0.39 is 15.9 Å². The van der Waals surface area contributed by atoms with Gasteiger partial charge in [0.15, 0.2) is 5.13 Å². The second-order valence-electron chi connectivity index (χ2n) is 7.71. The predicted octanol–water partition coefficient (Wildman–Crippen LogP) is 3.52. The summed E-state index contributed by atoms with van der Waals surface area (Å²) >= 11 is 1.16. The summed E-state index contributed by atoms with van der Waals surface area (Å²) in [5.74, 6) is -0.427. The molecule has 1 N–H and O–H groups in total. The minimum atomic E-state index is -3.94. The molecule has 0 aliphatic carbocycles. The predicted molar refractivity (Wildman–Crippen MR) is 132 cm³/mol. The maximum absolute atomic E-state index is 13.2. The quantitative estimate of drug-likeness (QED) is 0.383. The molecule has 4 rings (SSSR count). The first-order valence-corrected chi connectivity index (χ1v) is 13.0. The Kier molecular flexibility index (Phi) is 7.09. The number of nitrogens with zero attached hydrogens (tertiary/aromatic N) is 4. The molecule has 0 atom stereocenters. The summed E-state index contributed by atoms with van der Waals surface area (Å²) in [6.07, 6.45) is 1.51. The lowest BCUT2D eigenvalue weighted by Crippen LogP contribution is -2.40. The Morgan fingerprint density at radius 2 is 1.74 bits per heavy atom. The van der Waals surface area contributed by atoms with Gasteiger partial charge in [0.25, 0.3) is 10.0 Å². The van der Waals surface area contributed by atoms with Crippen LogP contribution in [0.4, 0.5) is 5.13 Å². The highest BCUT2D eigenvalue weighted by atomic mass is 32.2. The van der Waals surface area contributed by atoms with Crippen LogP contribution in [0.25, 0.3) is 0 Å². The van der Waals surface area contributed by atoms with Crippen molar-refractivity contribution >= 4 is 32.4 Å². The zero-order chi connectivity index (χ0) is 24.1. The summed E-state index contributed by atoms with van der Waals surface area (Å²) < 4.78 is 29.4. The van der Waals surface area contributed by atoms with Crippen molar-refractivity contribution < 1.29 is 13.2 Å². The molecule has 2 heterocycles. The van der Waals surface area contributed by atoms with Crippen LogP contribution in [0.5, 0.6) is 0 Å². The fraction of sp³-hybridized carbons (Fsp3) is 0.208. The molecular formula is C24H25N5O3S2. The van der Waals surface area contributed by atoms with Crippen molar-refractivity contribution in [2.75, 3.05) is 10.8 Å². The first-order valence-electron chi connectivity index (χ1n) is 10.7. The lowest BCUT2D eigenvalue weighted by molar-refractivity contribution is -0.119. The number of hydrogen-bond acceptors (Lipinski definition) is 6. The average Bonchev–Trinajstić information content (AvgIpc) is 3.46. The Morgan fingerprint density at radius 3 is 2.38 bits per heavy atom. The Bertz CT molecular complexity index is 1350. The third kappa shape index (κ3) is 5.18. The molecule has 0 radical (unpaired) electrons. The van der Waals surface area contributed by atoms with Gasteiger partial charge >= 0.3 is 0 Å². The third-order valence-corrected chi connectivity index (χ3v) is 8.08. The summed E-state index contributed by atoms with van der Waals surface area (Å²) in [6.45, 7) is 4.38. The Morgan fingerprint density at radius 1 is 1.06 bits per heavy atom. The van der Waals surface area contributed by atoms with Gasteiger partial charge in [-0.15, -0.1) is 11.3 Å². The van der Waals surface area contributed by atoms with Crippen molar-refractivity contribution in [2.24, 2.45) is 0 Å². The molecule has 4 aromatic rings. The van der Waals surface area contributed by atoms with Crippen LogP contribution in [-0.2, 0) is 27.9 Å². The van der Waals surface area contributed by atoms with E-state index in [1.165, 1.54) is 18.3 Å². The van der Waals surface area contributed by atoms with Gasteiger partial charge in [-0.3, -0.25) is 9.48 Å². The highest BCUT2D eigenvalue weighted by Crippen LogP contribution is 2.25. The summed E-state index contributed by atoms with van der Waals surface area (Å²) in [5, 5.41) is 9.38. The largest absolute Gasteiger partial charge is 0.350 e. The molecule has 10 heteroatoms. The molecular weight excluding hydrogens is 470 g/mol. The molecule has 1 amide bonds. The first-order chi connectivity index (χ1) is 16.4. The number of hydrogen-bond donors (Lipinski definition) is 1. The Hall–Kier alpha value is -3.50. The van der Waals surface area contributed by atoms with E-state index >= 15 is 0 Å². The number of sulfonamides is 1. The molecule has 176 valence electrons. The number of thiazole rings is 1. The van der Waals surface area contributed by atoms with Crippen LogP contribution in [0.2, 0.25) is 0 Å². The molecule has 0 unspecified atom stereocenters. The minimum Gasteiger partial charge on any atom is -0.350 e. The van der Waals surface area contributed by atoms with Crippen LogP contribution in [-0.4, -0.2) is 35.6 Å². The monoisotopic (exact) mass is 495 g/mol. The fourth-order valence-corrected chi connectivity index (χ4v) is 5.85. The second-order valence-corrected chi connectivity index (χ2v) is 10.4. The summed E-state index contributed by atoms with van der Waals surface area (Å²) in [5.41, 5.74) is 3.82. The van der Waals surface area contributed by atoms with E-state index in [0.717, 1.165) is 38.2 Å². The van der Waals surface area contributed by atoms with E-state index in [9.17, 15) is 13.2 Å². The molecule has 8 nitrogen and oxygen atoms in total. The van der Waals surface area contributed by atoms with Crippen LogP contribution >= 0.6 is 11.3 Å². The maximum Gasteiger partial charge on any atom is 0.266 e. The lowest BCUT2D eigenvalue weighted by atomic mass is 10.2. The van der Waals surface area contributed by atoms with Crippen LogP contribution in [0.3, 0.4) is 0 Å². The van der Waals surface area contributed by atoms with Gasteiger partial charge in [-0.1, -0.05) is 48.5 Å². The Balaban J connectivity index is 1.48. The summed E-state index contributed by atoms with van der Waals surface area (Å²) in [4.78, 5) is 17.1. The molecule has 0 aliphatic heterocycles. The summed E-state index contributed by atoms with van der Waals surface area (Å²) in [7, 11) is -3.94. The first kappa shape index (κ1) is 23.7. The molecule has 2 aromatic heterocycles. The average molecular weight is 496 g/mol. The van der Waals surface area contributed by atoms with Gasteiger partial charge in [0.05, 0.1) is 17.1 Å². The van der Waals surface area contributed by atoms with E-state index in [1.54, 1.807) is 23.6 Å². The van der Waals surface area contributed by atoms with Crippen molar-refractivity contribution in [1.82, 2.24) is 20.1 Å². The molecule has 0 spiro atoms. The number of benzene rings is 2. The molecule has 34 heavy (non-hydrogen) atoms. The standard InChI is InChI=1S/C24H25N5O3S2/c1-18-22(19(2)28(27-18)16-20-9-5-3-6-10-20)15-26-23(30)17-29(24-25-13-14-33-24)34(31,32)21-11-7-4-8-12-21/h3-14H,15-17H2,1-2H3,(H,26,30). The third-order valence-electron chi connectivity index (χ3n) is 5.42. The molecule has 0 saturated heterocycles. The van der Waals surface area contributed by atoms with Crippen LogP contribution in [0.15, 0.2) is 77.1 Å².